The fraction of sp³-hybridized carbons (Fsp3) is 0.333. The van der Waals surface area contributed by atoms with Crippen LogP contribution >= 0.6 is 10.7 Å². The van der Waals surface area contributed by atoms with E-state index in [0.29, 0.717) is 0 Å². The number of alkyl halides is 6. The Bertz CT molecular complexity index is 620. The summed E-state index contributed by atoms with van der Waals surface area (Å²) >= 11 is 0. The first kappa shape index (κ1) is 16.9. The molecule has 0 radical (unpaired) electrons. The second-order valence-corrected chi connectivity index (χ2v) is 5.99. The van der Waals surface area contributed by atoms with Gasteiger partial charge in [-0.1, -0.05) is 0 Å². The number of rotatable bonds is 2. The SMILES string of the molecule is COc1cc(C(F)(F)F)cc(C(F)(F)F)c1S(=O)(=O)Cl. The monoisotopic (exact) mass is 342 g/mol. The molecule has 0 amide bonds. The predicted octanol–water partition coefficient (Wildman–Crippen LogP) is 3.66. The number of hydrogen-bond acceptors (Lipinski definition) is 3. The molecule has 1 rings (SSSR count). The number of halogens is 7. The summed E-state index contributed by atoms with van der Waals surface area (Å²) in [6.07, 6.45) is -10.5. The molecule has 0 aliphatic carbocycles. The Labute approximate surface area is 113 Å². The smallest absolute Gasteiger partial charge is 0.417 e. The fourth-order valence-electron chi connectivity index (χ4n) is 1.38. The lowest BCUT2D eigenvalue weighted by molar-refractivity contribution is -0.144. The quantitative estimate of drug-likeness (QED) is 0.608. The molecule has 0 aromatic heterocycles. The highest BCUT2D eigenvalue weighted by molar-refractivity contribution is 8.13. The van der Waals surface area contributed by atoms with Crippen LogP contribution in [0, 0.1) is 0 Å². The molecule has 3 nitrogen and oxygen atoms in total. The predicted molar refractivity (Wildman–Crippen MR) is 56.0 cm³/mol. The van der Waals surface area contributed by atoms with Crippen molar-refractivity contribution >= 4 is 19.7 Å². The molecule has 114 valence electrons. The number of hydrogen-bond donors (Lipinski definition) is 0. The summed E-state index contributed by atoms with van der Waals surface area (Å²) in [6, 6.07) is -0.206. The Morgan fingerprint density at radius 2 is 1.55 bits per heavy atom. The molecular weight excluding hydrogens is 338 g/mol. The van der Waals surface area contributed by atoms with Crippen molar-refractivity contribution in [3.8, 4) is 5.75 Å². The molecular formula is C9H5ClF6O3S. The zero-order chi connectivity index (χ0) is 15.9. The largest absolute Gasteiger partial charge is 0.495 e. The Hall–Kier alpha value is -1.16. The minimum absolute atomic E-state index is 0.129. The molecule has 20 heavy (non-hydrogen) atoms. The first-order valence-electron chi connectivity index (χ1n) is 4.59. The van der Waals surface area contributed by atoms with Crippen LogP contribution in [0.5, 0.6) is 5.75 Å². The maximum absolute atomic E-state index is 12.7. The van der Waals surface area contributed by atoms with Crippen LogP contribution in [0.1, 0.15) is 11.1 Å². The molecule has 1 aromatic carbocycles. The average Bonchev–Trinajstić information content (AvgIpc) is 2.23. The summed E-state index contributed by atoms with van der Waals surface area (Å²) < 4.78 is 102. The van der Waals surface area contributed by atoms with Crippen molar-refractivity contribution in [1.29, 1.82) is 0 Å². The number of methoxy groups -OCH3 is 1. The van der Waals surface area contributed by atoms with E-state index in [1.165, 1.54) is 0 Å². The van der Waals surface area contributed by atoms with Crippen molar-refractivity contribution in [2.24, 2.45) is 0 Å². The van der Waals surface area contributed by atoms with Crippen molar-refractivity contribution in [2.45, 2.75) is 17.2 Å². The summed E-state index contributed by atoms with van der Waals surface area (Å²) in [5.74, 6) is -1.14. The highest BCUT2D eigenvalue weighted by Gasteiger charge is 2.42. The Morgan fingerprint density at radius 1 is 1.05 bits per heavy atom. The summed E-state index contributed by atoms with van der Waals surface area (Å²) in [6.45, 7) is 0. The lowest BCUT2D eigenvalue weighted by Crippen LogP contribution is -2.15. The zero-order valence-corrected chi connectivity index (χ0v) is 11.0. The minimum atomic E-state index is -5.36. The first-order chi connectivity index (χ1) is 8.78. The molecule has 0 aliphatic rings. The zero-order valence-electron chi connectivity index (χ0n) is 9.43. The van der Waals surface area contributed by atoms with E-state index >= 15 is 0 Å². The van der Waals surface area contributed by atoms with E-state index in [4.69, 9.17) is 10.7 Å². The summed E-state index contributed by atoms with van der Waals surface area (Å²) in [7, 11) is 0.593. The standard InChI is InChI=1S/C9H5ClF6O3S/c1-19-6-3-4(8(11,12)13)2-5(9(14,15)16)7(6)20(10,17)18/h2-3H,1H3. The third kappa shape index (κ3) is 3.48. The lowest BCUT2D eigenvalue weighted by atomic mass is 10.1. The molecule has 0 unspecified atom stereocenters. The molecule has 0 spiro atoms. The molecule has 0 bridgehead atoms. The topological polar surface area (TPSA) is 43.4 Å². The summed E-state index contributed by atoms with van der Waals surface area (Å²) in [4.78, 5) is -1.55. The molecule has 11 heteroatoms. The van der Waals surface area contributed by atoms with E-state index < -0.39 is 43.2 Å². The van der Waals surface area contributed by atoms with Gasteiger partial charge in [0, 0.05) is 10.7 Å². The van der Waals surface area contributed by atoms with E-state index in [1.54, 1.807) is 0 Å². The van der Waals surface area contributed by atoms with Crippen LogP contribution in [-0.4, -0.2) is 15.5 Å². The highest BCUT2D eigenvalue weighted by atomic mass is 35.7. The molecule has 0 aliphatic heterocycles. The Balaban J connectivity index is 3.85. The fourth-order valence-corrected chi connectivity index (χ4v) is 2.68. The second kappa shape index (κ2) is 4.99. The molecule has 0 saturated carbocycles. The average molecular weight is 343 g/mol. The third-order valence-corrected chi connectivity index (χ3v) is 3.52. The van der Waals surface area contributed by atoms with Crippen molar-refractivity contribution in [3.05, 3.63) is 23.3 Å². The second-order valence-electron chi connectivity index (χ2n) is 3.49. The number of ether oxygens (including phenoxy) is 1. The van der Waals surface area contributed by atoms with Gasteiger partial charge in [0.1, 0.15) is 10.6 Å². The van der Waals surface area contributed by atoms with Crippen molar-refractivity contribution in [2.75, 3.05) is 7.11 Å². The number of benzene rings is 1. The summed E-state index contributed by atoms with van der Waals surface area (Å²) in [5, 5.41) is 0. The maximum atomic E-state index is 12.7. The van der Waals surface area contributed by atoms with Gasteiger partial charge in [-0.25, -0.2) is 8.42 Å². The summed E-state index contributed by atoms with van der Waals surface area (Å²) in [5.41, 5.74) is -3.75. The van der Waals surface area contributed by atoms with Gasteiger partial charge in [-0.15, -0.1) is 0 Å². The molecule has 0 fully saturated rings. The van der Waals surface area contributed by atoms with Crippen LogP contribution < -0.4 is 4.74 Å². The van der Waals surface area contributed by atoms with Crippen LogP contribution in [0.15, 0.2) is 17.0 Å². The molecule has 0 atom stereocenters. The van der Waals surface area contributed by atoms with Gasteiger partial charge in [-0.2, -0.15) is 26.3 Å². The maximum Gasteiger partial charge on any atom is 0.417 e. The lowest BCUT2D eigenvalue weighted by Gasteiger charge is -2.17. The van der Waals surface area contributed by atoms with Gasteiger partial charge < -0.3 is 4.74 Å². The van der Waals surface area contributed by atoms with Crippen molar-refractivity contribution in [1.82, 2.24) is 0 Å². The van der Waals surface area contributed by atoms with E-state index in [-0.39, 0.29) is 12.1 Å². The van der Waals surface area contributed by atoms with E-state index in [0.717, 1.165) is 7.11 Å². The van der Waals surface area contributed by atoms with Crippen LogP contribution in [0.25, 0.3) is 0 Å². The highest BCUT2D eigenvalue weighted by Crippen LogP contribution is 2.44. The van der Waals surface area contributed by atoms with Gasteiger partial charge in [0.05, 0.1) is 18.2 Å². The van der Waals surface area contributed by atoms with Crippen molar-refractivity contribution < 1.29 is 39.5 Å². The third-order valence-electron chi connectivity index (χ3n) is 2.15. The van der Waals surface area contributed by atoms with Crippen molar-refractivity contribution in [3.63, 3.8) is 0 Å². The molecule has 0 heterocycles. The Kier molecular flexibility index (Phi) is 4.22. The Morgan fingerprint density at radius 3 is 1.85 bits per heavy atom. The normalized spacial score (nSPS) is 13.4. The van der Waals surface area contributed by atoms with Gasteiger partial charge in [-0.3, -0.25) is 0 Å². The minimum Gasteiger partial charge on any atom is -0.495 e. The molecule has 1 aromatic rings. The van der Waals surface area contributed by atoms with Crippen LogP contribution in [0.3, 0.4) is 0 Å². The van der Waals surface area contributed by atoms with Gasteiger partial charge >= 0.3 is 12.4 Å². The van der Waals surface area contributed by atoms with Gasteiger partial charge in [-0.05, 0) is 12.1 Å². The van der Waals surface area contributed by atoms with Gasteiger partial charge in [0.15, 0.2) is 0 Å². The van der Waals surface area contributed by atoms with Gasteiger partial charge in [0.25, 0.3) is 9.05 Å². The van der Waals surface area contributed by atoms with Crippen LogP contribution in [0.4, 0.5) is 26.3 Å². The van der Waals surface area contributed by atoms with E-state index in [2.05, 4.69) is 4.74 Å². The van der Waals surface area contributed by atoms with E-state index in [1.807, 2.05) is 0 Å². The molecule has 0 N–H and O–H groups in total. The molecule has 0 saturated heterocycles. The first-order valence-corrected chi connectivity index (χ1v) is 6.90. The van der Waals surface area contributed by atoms with Crippen LogP contribution in [0.2, 0.25) is 0 Å². The van der Waals surface area contributed by atoms with Crippen LogP contribution in [-0.2, 0) is 21.4 Å². The van der Waals surface area contributed by atoms with Gasteiger partial charge in [0.2, 0.25) is 0 Å². The van der Waals surface area contributed by atoms with E-state index in [9.17, 15) is 34.8 Å².